The lowest BCUT2D eigenvalue weighted by Gasteiger charge is -1.99. The zero-order chi connectivity index (χ0) is 9.52. The molecule has 3 heteroatoms. The Bertz CT molecular complexity index is 283. The first-order valence-electron chi connectivity index (χ1n) is 4.47. The van der Waals surface area contributed by atoms with Crippen molar-refractivity contribution >= 4 is 0 Å². The largest absolute Gasteiger partial charge is 0.306 e. The second-order valence-electron chi connectivity index (χ2n) is 3.00. The molecule has 1 aromatic heterocycles. The molecule has 1 heterocycles. The zero-order valence-corrected chi connectivity index (χ0v) is 7.93. The summed E-state index contributed by atoms with van der Waals surface area (Å²) in [4.78, 5) is 0. The van der Waals surface area contributed by atoms with Crippen LogP contribution in [-0.4, -0.2) is 23.3 Å². The maximum atomic E-state index is 5.10. The van der Waals surface area contributed by atoms with Gasteiger partial charge in [-0.3, -0.25) is 5.10 Å². The minimum atomic E-state index is 0.657. The molecule has 1 rings (SSSR count). The number of aryl methyl sites for hydroxylation is 2. The molecule has 13 heavy (non-hydrogen) atoms. The predicted octanol–water partition coefficient (Wildman–Crippen LogP) is 0.874. The number of H-pyrrole nitrogens is 1. The van der Waals surface area contributed by atoms with Crippen molar-refractivity contribution < 1.29 is 0 Å². The fourth-order valence-electron chi connectivity index (χ4n) is 1.19. The average molecular weight is 177 g/mol. The lowest BCUT2D eigenvalue weighted by molar-refractivity contribution is 0.697. The van der Waals surface area contributed by atoms with Crippen LogP contribution in [0.3, 0.4) is 0 Å². The van der Waals surface area contributed by atoms with E-state index in [1.807, 2.05) is 13.1 Å². The molecule has 0 saturated heterocycles. The van der Waals surface area contributed by atoms with E-state index >= 15 is 0 Å². The number of nitrogens with zero attached hydrogens (tertiary/aromatic N) is 1. The van der Waals surface area contributed by atoms with Crippen LogP contribution in [0.2, 0.25) is 0 Å². The highest BCUT2D eigenvalue weighted by atomic mass is 15.1. The van der Waals surface area contributed by atoms with Crippen molar-refractivity contribution in [3.8, 4) is 12.3 Å². The maximum absolute atomic E-state index is 5.10. The van der Waals surface area contributed by atoms with Crippen molar-refractivity contribution in [3.63, 3.8) is 0 Å². The van der Waals surface area contributed by atoms with E-state index in [4.69, 9.17) is 6.42 Å². The Kier molecular flexibility index (Phi) is 4.07. The molecule has 2 N–H and O–H groups in total. The van der Waals surface area contributed by atoms with Crippen LogP contribution in [0.5, 0.6) is 0 Å². The van der Waals surface area contributed by atoms with Crippen molar-refractivity contribution in [1.82, 2.24) is 15.5 Å². The Morgan fingerprint density at radius 2 is 2.54 bits per heavy atom. The number of rotatable bonds is 5. The van der Waals surface area contributed by atoms with Gasteiger partial charge in [0.15, 0.2) is 0 Å². The highest BCUT2D eigenvalue weighted by Gasteiger charge is 1.98. The van der Waals surface area contributed by atoms with Gasteiger partial charge in [0.05, 0.1) is 12.7 Å². The molecule has 3 nitrogen and oxygen atoms in total. The standard InChI is InChI=1S/C10H15N3/c1-3-6-11-7-4-5-10-8-12-13-9(10)2/h1,8,11H,4-7H2,2H3,(H,12,13). The van der Waals surface area contributed by atoms with E-state index in [9.17, 15) is 0 Å². The van der Waals surface area contributed by atoms with Gasteiger partial charge in [-0.05, 0) is 31.9 Å². The second kappa shape index (κ2) is 5.39. The molecule has 0 spiro atoms. The molecule has 1 aromatic rings. The fourth-order valence-corrected chi connectivity index (χ4v) is 1.19. The summed E-state index contributed by atoms with van der Waals surface area (Å²) in [5, 5.41) is 10.0. The van der Waals surface area contributed by atoms with Gasteiger partial charge < -0.3 is 5.32 Å². The molecule has 0 saturated carbocycles. The van der Waals surface area contributed by atoms with Crippen molar-refractivity contribution in [3.05, 3.63) is 17.5 Å². The van der Waals surface area contributed by atoms with Gasteiger partial charge in [-0.15, -0.1) is 6.42 Å². The van der Waals surface area contributed by atoms with E-state index in [0.717, 1.165) is 25.1 Å². The summed E-state index contributed by atoms with van der Waals surface area (Å²) in [5.41, 5.74) is 2.46. The Morgan fingerprint density at radius 1 is 1.69 bits per heavy atom. The summed E-state index contributed by atoms with van der Waals surface area (Å²) in [7, 11) is 0. The Morgan fingerprint density at radius 3 is 3.15 bits per heavy atom. The van der Waals surface area contributed by atoms with Crippen molar-refractivity contribution in [1.29, 1.82) is 0 Å². The van der Waals surface area contributed by atoms with Crippen LogP contribution in [0.25, 0.3) is 0 Å². The van der Waals surface area contributed by atoms with Gasteiger partial charge in [-0.2, -0.15) is 5.10 Å². The highest BCUT2D eigenvalue weighted by Crippen LogP contribution is 2.04. The van der Waals surface area contributed by atoms with E-state index in [2.05, 4.69) is 21.4 Å². The highest BCUT2D eigenvalue weighted by molar-refractivity contribution is 5.14. The summed E-state index contributed by atoms with van der Waals surface area (Å²) in [6.45, 7) is 3.66. The SMILES string of the molecule is C#CCNCCCc1cn[nH]c1C. The van der Waals surface area contributed by atoms with Crippen molar-refractivity contribution in [2.75, 3.05) is 13.1 Å². The first kappa shape index (κ1) is 9.82. The van der Waals surface area contributed by atoms with E-state index in [1.165, 1.54) is 5.56 Å². The third kappa shape index (κ3) is 3.30. The fraction of sp³-hybridized carbons (Fsp3) is 0.500. The van der Waals surface area contributed by atoms with E-state index in [0.29, 0.717) is 6.54 Å². The quantitative estimate of drug-likeness (QED) is 0.517. The summed E-state index contributed by atoms with van der Waals surface area (Å²) < 4.78 is 0. The number of aromatic nitrogens is 2. The van der Waals surface area contributed by atoms with Gasteiger partial charge in [0.25, 0.3) is 0 Å². The normalized spacial score (nSPS) is 9.85. The van der Waals surface area contributed by atoms with Gasteiger partial charge in [0.1, 0.15) is 0 Å². The van der Waals surface area contributed by atoms with Gasteiger partial charge in [-0.1, -0.05) is 5.92 Å². The van der Waals surface area contributed by atoms with Crippen LogP contribution in [0, 0.1) is 19.3 Å². The molecular formula is C10H15N3. The van der Waals surface area contributed by atoms with Crippen molar-refractivity contribution in [2.24, 2.45) is 0 Å². The van der Waals surface area contributed by atoms with Crippen LogP contribution in [0.1, 0.15) is 17.7 Å². The molecule has 0 radical (unpaired) electrons. The summed E-state index contributed by atoms with van der Waals surface area (Å²) in [6, 6.07) is 0. The monoisotopic (exact) mass is 177 g/mol. The first-order valence-corrected chi connectivity index (χ1v) is 4.47. The lowest BCUT2D eigenvalue weighted by atomic mass is 10.1. The summed E-state index contributed by atoms with van der Waals surface area (Å²) >= 11 is 0. The average Bonchev–Trinajstić information content (AvgIpc) is 2.52. The number of nitrogens with one attached hydrogen (secondary N) is 2. The minimum Gasteiger partial charge on any atom is -0.306 e. The Labute approximate surface area is 78.9 Å². The van der Waals surface area contributed by atoms with E-state index in [-0.39, 0.29) is 0 Å². The molecule has 0 aliphatic heterocycles. The molecule has 0 bridgehead atoms. The number of aromatic amines is 1. The Hall–Kier alpha value is -1.27. The first-order chi connectivity index (χ1) is 6.34. The predicted molar refractivity (Wildman–Crippen MR) is 53.3 cm³/mol. The Balaban J connectivity index is 2.14. The third-order valence-electron chi connectivity index (χ3n) is 1.96. The van der Waals surface area contributed by atoms with Crippen LogP contribution in [-0.2, 0) is 6.42 Å². The molecule has 0 aliphatic carbocycles. The molecule has 0 aromatic carbocycles. The van der Waals surface area contributed by atoms with Crippen LogP contribution in [0.15, 0.2) is 6.20 Å². The van der Waals surface area contributed by atoms with Crippen molar-refractivity contribution in [2.45, 2.75) is 19.8 Å². The molecular weight excluding hydrogens is 162 g/mol. The third-order valence-corrected chi connectivity index (χ3v) is 1.96. The number of terminal acetylenes is 1. The molecule has 0 aliphatic rings. The van der Waals surface area contributed by atoms with Gasteiger partial charge >= 0.3 is 0 Å². The van der Waals surface area contributed by atoms with Crippen LogP contribution < -0.4 is 5.32 Å². The topological polar surface area (TPSA) is 40.7 Å². The smallest absolute Gasteiger partial charge is 0.0573 e. The zero-order valence-electron chi connectivity index (χ0n) is 7.93. The summed E-state index contributed by atoms with van der Waals surface area (Å²) in [6.07, 6.45) is 9.14. The molecule has 0 atom stereocenters. The minimum absolute atomic E-state index is 0.657. The van der Waals surface area contributed by atoms with Gasteiger partial charge in [-0.25, -0.2) is 0 Å². The molecule has 0 fully saturated rings. The van der Waals surface area contributed by atoms with Gasteiger partial charge in [0, 0.05) is 5.69 Å². The number of hydrogen-bond acceptors (Lipinski definition) is 2. The van der Waals surface area contributed by atoms with Gasteiger partial charge in [0.2, 0.25) is 0 Å². The second-order valence-corrected chi connectivity index (χ2v) is 3.00. The van der Waals surface area contributed by atoms with Crippen LogP contribution in [0.4, 0.5) is 0 Å². The molecule has 0 amide bonds. The van der Waals surface area contributed by atoms with E-state index < -0.39 is 0 Å². The maximum Gasteiger partial charge on any atom is 0.0573 e. The lowest BCUT2D eigenvalue weighted by Crippen LogP contribution is -2.15. The summed E-state index contributed by atoms with van der Waals surface area (Å²) in [5.74, 6) is 2.54. The van der Waals surface area contributed by atoms with Crippen LogP contribution >= 0.6 is 0 Å². The molecule has 0 unspecified atom stereocenters. The number of hydrogen-bond donors (Lipinski definition) is 2. The molecule has 70 valence electrons. The van der Waals surface area contributed by atoms with E-state index in [1.54, 1.807) is 0 Å².